The van der Waals surface area contributed by atoms with Crippen LogP contribution in [-0.2, 0) is 6.54 Å². The summed E-state index contributed by atoms with van der Waals surface area (Å²) in [4.78, 5) is 6.82. The summed E-state index contributed by atoms with van der Waals surface area (Å²) in [5.41, 5.74) is 2.51. The van der Waals surface area contributed by atoms with Gasteiger partial charge in [0.15, 0.2) is 5.65 Å². The highest BCUT2D eigenvalue weighted by Gasteiger charge is 2.35. The molecule has 0 amide bonds. The van der Waals surface area contributed by atoms with Gasteiger partial charge in [-0.2, -0.15) is 5.10 Å². The number of anilines is 1. The van der Waals surface area contributed by atoms with E-state index < -0.39 is 6.10 Å². The van der Waals surface area contributed by atoms with Crippen LogP contribution < -0.4 is 15.0 Å². The summed E-state index contributed by atoms with van der Waals surface area (Å²) in [5.74, 6) is 1.06. The highest BCUT2D eigenvalue weighted by atomic mass is 19.1. The minimum atomic E-state index is -0.511. The van der Waals surface area contributed by atoms with Gasteiger partial charge in [-0.1, -0.05) is 0 Å². The van der Waals surface area contributed by atoms with Gasteiger partial charge in [0, 0.05) is 37.0 Å². The van der Waals surface area contributed by atoms with E-state index in [0.717, 1.165) is 22.6 Å². The third kappa shape index (κ3) is 2.90. The fourth-order valence-corrected chi connectivity index (χ4v) is 3.92. The number of benzene rings is 1. The number of aliphatic hydroxyl groups is 1. The molecule has 3 aromatic rings. The smallest absolute Gasteiger partial charge is 0.161 e. The van der Waals surface area contributed by atoms with Crippen molar-refractivity contribution in [3.05, 3.63) is 53.6 Å². The molecule has 8 heteroatoms. The van der Waals surface area contributed by atoms with Crippen LogP contribution in [0.5, 0.6) is 5.75 Å². The van der Waals surface area contributed by atoms with Crippen LogP contribution in [0, 0.1) is 5.82 Å². The summed E-state index contributed by atoms with van der Waals surface area (Å²) in [7, 11) is 0. The number of hydrogen-bond donors (Lipinski definition) is 2. The monoisotopic (exact) mass is 369 g/mol. The topological polar surface area (TPSA) is 74.9 Å². The summed E-state index contributed by atoms with van der Waals surface area (Å²) in [6, 6.07) is 6.24. The average Bonchev–Trinajstić information content (AvgIpc) is 3.25. The van der Waals surface area contributed by atoms with Crippen LogP contribution in [0.2, 0.25) is 0 Å². The van der Waals surface area contributed by atoms with Crippen molar-refractivity contribution in [1.82, 2.24) is 19.9 Å². The Kier molecular flexibility index (Phi) is 3.95. The van der Waals surface area contributed by atoms with Crippen molar-refractivity contribution >= 4 is 11.5 Å². The van der Waals surface area contributed by atoms with E-state index in [9.17, 15) is 9.50 Å². The van der Waals surface area contributed by atoms with E-state index in [-0.39, 0.29) is 11.9 Å². The summed E-state index contributed by atoms with van der Waals surface area (Å²) in [6.07, 6.45) is 3.66. The lowest BCUT2D eigenvalue weighted by atomic mass is 10.0. The number of nitrogens with one attached hydrogen (secondary N) is 1. The largest absolute Gasteiger partial charge is 0.492 e. The number of rotatable bonds is 0. The maximum absolute atomic E-state index is 14.0. The molecule has 1 saturated heterocycles. The summed E-state index contributed by atoms with van der Waals surface area (Å²) in [5, 5.41) is 18.0. The fraction of sp³-hybridized carbons (Fsp3) is 0.368. The molecule has 1 aromatic carbocycles. The fourth-order valence-electron chi connectivity index (χ4n) is 3.92. The van der Waals surface area contributed by atoms with Gasteiger partial charge >= 0.3 is 0 Å². The Hall–Kier alpha value is -2.71. The maximum atomic E-state index is 14.0. The standard InChI is InChI=1S/C19H20FN5O2/c20-13-1-2-17-15(7-13)16-8-14(26)11-24(16)18-3-5-25-19(23-18)12(10-22-25)9-21-4-6-27-17/h1-3,5,7,10,14,16,21,26H,4,6,8-9,11H2/t14-,16+/m1/s1. The predicted molar refractivity (Wildman–Crippen MR) is 97.3 cm³/mol. The number of aromatic nitrogens is 3. The Labute approximate surface area is 155 Å². The van der Waals surface area contributed by atoms with Crippen molar-refractivity contribution in [3.63, 3.8) is 0 Å². The quantitative estimate of drug-likeness (QED) is 0.628. The van der Waals surface area contributed by atoms with Crippen molar-refractivity contribution in [2.24, 2.45) is 0 Å². The van der Waals surface area contributed by atoms with Crippen LogP contribution in [0.25, 0.3) is 5.65 Å². The number of fused-ring (bicyclic) bond motifs is 5. The van der Waals surface area contributed by atoms with Crippen LogP contribution in [0.15, 0.2) is 36.7 Å². The third-order valence-corrected chi connectivity index (χ3v) is 5.18. The summed E-state index contributed by atoms with van der Waals surface area (Å²) >= 11 is 0. The number of ether oxygens (including phenoxy) is 1. The molecule has 0 saturated carbocycles. The lowest BCUT2D eigenvalue weighted by Gasteiger charge is -2.27. The van der Waals surface area contributed by atoms with Gasteiger partial charge in [-0.15, -0.1) is 0 Å². The molecule has 0 radical (unpaired) electrons. The zero-order valence-corrected chi connectivity index (χ0v) is 14.7. The van der Waals surface area contributed by atoms with Gasteiger partial charge in [0.25, 0.3) is 0 Å². The van der Waals surface area contributed by atoms with Gasteiger partial charge in [-0.25, -0.2) is 13.9 Å². The molecule has 2 bridgehead atoms. The normalized spacial score (nSPS) is 22.5. The molecular formula is C19H20FN5O2. The molecule has 7 nitrogen and oxygen atoms in total. The first-order valence-electron chi connectivity index (χ1n) is 9.10. The Balaban J connectivity index is 1.66. The van der Waals surface area contributed by atoms with E-state index in [1.165, 1.54) is 12.1 Å². The molecule has 2 N–H and O–H groups in total. The number of hydrogen-bond acceptors (Lipinski definition) is 6. The van der Waals surface area contributed by atoms with Crippen LogP contribution in [0.3, 0.4) is 0 Å². The van der Waals surface area contributed by atoms with E-state index in [0.29, 0.717) is 38.4 Å². The first-order chi connectivity index (χ1) is 13.2. The lowest BCUT2D eigenvalue weighted by Crippen LogP contribution is -2.26. The van der Waals surface area contributed by atoms with Crippen molar-refractivity contribution in [2.45, 2.75) is 25.1 Å². The van der Waals surface area contributed by atoms with Gasteiger partial charge in [0.1, 0.15) is 24.0 Å². The second-order valence-corrected chi connectivity index (χ2v) is 6.99. The molecule has 0 spiro atoms. The van der Waals surface area contributed by atoms with Gasteiger partial charge in [-0.3, -0.25) is 0 Å². The molecule has 2 aliphatic rings. The van der Waals surface area contributed by atoms with E-state index in [2.05, 4.69) is 10.4 Å². The number of aliphatic hydroxyl groups excluding tert-OH is 1. The maximum Gasteiger partial charge on any atom is 0.161 e. The summed E-state index contributed by atoms with van der Waals surface area (Å²) < 4.78 is 21.7. The van der Waals surface area contributed by atoms with Gasteiger partial charge < -0.3 is 20.1 Å². The Morgan fingerprint density at radius 3 is 3.15 bits per heavy atom. The molecule has 140 valence electrons. The minimum absolute atomic E-state index is 0.208. The third-order valence-electron chi connectivity index (χ3n) is 5.18. The van der Waals surface area contributed by atoms with E-state index >= 15 is 0 Å². The predicted octanol–water partition coefficient (Wildman–Crippen LogP) is 1.66. The molecule has 2 aliphatic heterocycles. The summed E-state index contributed by atoms with van der Waals surface area (Å²) in [6.45, 7) is 2.17. The highest BCUT2D eigenvalue weighted by molar-refractivity contribution is 5.55. The van der Waals surface area contributed by atoms with Crippen LogP contribution in [-0.4, -0.2) is 45.5 Å². The molecule has 2 atom stereocenters. The van der Waals surface area contributed by atoms with Crippen molar-refractivity contribution in [2.75, 3.05) is 24.6 Å². The van der Waals surface area contributed by atoms with E-state index in [1.54, 1.807) is 16.8 Å². The van der Waals surface area contributed by atoms with Crippen molar-refractivity contribution in [1.29, 1.82) is 0 Å². The number of halogens is 1. The van der Waals surface area contributed by atoms with E-state index in [4.69, 9.17) is 9.72 Å². The first-order valence-corrected chi connectivity index (χ1v) is 9.10. The average molecular weight is 369 g/mol. The Morgan fingerprint density at radius 1 is 1.30 bits per heavy atom. The number of nitrogens with zero attached hydrogens (tertiary/aromatic N) is 4. The van der Waals surface area contributed by atoms with E-state index in [1.807, 2.05) is 17.2 Å². The van der Waals surface area contributed by atoms with Crippen molar-refractivity contribution < 1.29 is 14.2 Å². The van der Waals surface area contributed by atoms with Crippen molar-refractivity contribution in [3.8, 4) is 5.75 Å². The molecule has 1 fully saturated rings. The second kappa shape index (κ2) is 6.47. The second-order valence-electron chi connectivity index (χ2n) is 6.99. The molecule has 2 aromatic heterocycles. The molecule has 0 aliphatic carbocycles. The van der Waals surface area contributed by atoms with Gasteiger partial charge in [0.2, 0.25) is 0 Å². The molecule has 5 rings (SSSR count). The highest BCUT2D eigenvalue weighted by Crippen LogP contribution is 2.40. The Morgan fingerprint density at radius 2 is 2.22 bits per heavy atom. The molecule has 4 heterocycles. The van der Waals surface area contributed by atoms with Crippen LogP contribution >= 0.6 is 0 Å². The first kappa shape index (κ1) is 16.5. The molecular weight excluding hydrogens is 349 g/mol. The SMILES string of the molecule is O[C@@H]1C[C@H]2c3cc(F)ccc3OCCNCc3cnn4ccc(nc34)N2C1. The van der Waals surface area contributed by atoms with Gasteiger partial charge in [0.05, 0.1) is 18.3 Å². The molecule has 0 unspecified atom stereocenters. The Bertz CT molecular complexity index is 991. The van der Waals surface area contributed by atoms with Gasteiger partial charge in [-0.05, 0) is 30.7 Å². The molecule has 27 heavy (non-hydrogen) atoms. The zero-order valence-electron chi connectivity index (χ0n) is 14.7. The zero-order chi connectivity index (χ0) is 18.4. The minimum Gasteiger partial charge on any atom is -0.492 e. The van der Waals surface area contributed by atoms with Crippen LogP contribution in [0.4, 0.5) is 10.2 Å². The lowest BCUT2D eigenvalue weighted by molar-refractivity contribution is 0.194. The van der Waals surface area contributed by atoms with Crippen LogP contribution in [0.1, 0.15) is 23.6 Å².